The second-order valence-electron chi connectivity index (χ2n) is 19.2. The first kappa shape index (κ1) is 34.6. The number of alkyl halides is 2. The first-order valence-electron chi connectivity index (χ1n) is 19.8. The number of halogens is 2. The maximum Gasteiger partial charge on any atom is 0.465 e. The lowest BCUT2D eigenvalue weighted by molar-refractivity contribution is -0.295. The van der Waals surface area contributed by atoms with E-state index in [9.17, 15) is 31.6 Å². The molecule has 11 nitrogen and oxygen atoms in total. The topological polar surface area (TPSA) is 152 Å². The first-order valence-corrected chi connectivity index (χ1v) is 21.3. The molecule has 0 amide bonds. The van der Waals surface area contributed by atoms with Crippen molar-refractivity contribution in [3.8, 4) is 0 Å². The molecule has 288 valence electrons. The summed E-state index contributed by atoms with van der Waals surface area (Å²) >= 11 is 0. The molecule has 14 heteroatoms. The van der Waals surface area contributed by atoms with Crippen LogP contribution in [0.5, 0.6) is 0 Å². The Morgan fingerprint density at radius 2 is 1.54 bits per heavy atom. The van der Waals surface area contributed by atoms with Gasteiger partial charge in [-0.15, -0.1) is 0 Å². The number of hydrogen-bond acceptors (Lipinski definition) is 10. The van der Waals surface area contributed by atoms with Gasteiger partial charge in [-0.25, -0.2) is 4.79 Å². The number of fused-ring (bicyclic) bond motifs is 5. The van der Waals surface area contributed by atoms with Gasteiger partial charge in [-0.05, 0) is 131 Å². The predicted molar refractivity (Wildman–Crippen MR) is 174 cm³/mol. The molecule has 0 radical (unpaired) electrons. The smallest absolute Gasteiger partial charge is 0.462 e. The Hall–Kier alpha value is -1.90. The van der Waals surface area contributed by atoms with Crippen LogP contribution in [0.15, 0.2) is 0 Å². The van der Waals surface area contributed by atoms with E-state index in [2.05, 4.69) is 0 Å². The molecule has 9 saturated carbocycles. The third kappa shape index (κ3) is 4.38. The van der Waals surface area contributed by atoms with Gasteiger partial charge in [0.1, 0.15) is 31.0 Å². The maximum absolute atomic E-state index is 14.3. The largest absolute Gasteiger partial charge is 0.465 e. The Labute approximate surface area is 302 Å². The summed E-state index contributed by atoms with van der Waals surface area (Å²) in [6.07, 6.45) is 11.1. The van der Waals surface area contributed by atoms with Gasteiger partial charge in [0, 0.05) is 11.8 Å². The second-order valence-corrected chi connectivity index (χ2v) is 20.6. The molecule has 2 spiro atoms. The molecule has 10 fully saturated rings. The summed E-state index contributed by atoms with van der Waals surface area (Å²) in [6.45, 7) is 1.66. The van der Waals surface area contributed by atoms with E-state index >= 15 is 0 Å². The van der Waals surface area contributed by atoms with Crippen molar-refractivity contribution in [2.75, 3.05) is 13.2 Å². The third-order valence-electron chi connectivity index (χ3n) is 17.0. The zero-order valence-corrected chi connectivity index (χ0v) is 30.5. The summed E-state index contributed by atoms with van der Waals surface area (Å²) in [4.78, 5) is 40.4. The normalized spacial score (nSPS) is 51.8. The highest BCUT2D eigenvalue weighted by molar-refractivity contribution is 7.87. The van der Waals surface area contributed by atoms with Crippen molar-refractivity contribution < 1.29 is 59.8 Å². The molecule has 0 aromatic heterocycles. The van der Waals surface area contributed by atoms with Crippen LogP contribution in [0.25, 0.3) is 0 Å². The summed E-state index contributed by atoms with van der Waals surface area (Å²) in [5.41, 5.74) is -2.20. The summed E-state index contributed by atoms with van der Waals surface area (Å²) in [6, 6.07) is 0. The minimum absolute atomic E-state index is 0.0403. The summed E-state index contributed by atoms with van der Waals surface area (Å²) < 4.78 is 91.6. The molecule has 1 saturated heterocycles. The van der Waals surface area contributed by atoms with E-state index in [1.54, 1.807) is 0 Å². The third-order valence-corrected chi connectivity index (χ3v) is 17.8. The first-order chi connectivity index (χ1) is 24.6. The highest BCUT2D eigenvalue weighted by Crippen LogP contribution is 2.86. The SMILES string of the molecule is CC1CC2(OC(=O)C(F)(F)S(=O)(=O)O)CCCC(C2)C12OC(COC(=O)C13CCCC4CC(C1)C4C3)C(COC(=O)C13CC4CC5CC(C1)C53C4)O2. The van der Waals surface area contributed by atoms with Crippen LogP contribution in [0.2, 0.25) is 0 Å². The monoisotopic (exact) mass is 752 g/mol. The molecule has 52 heavy (non-hydrogen) atoms. The lowest BCUT2D eigenvalue weighted by atomic mass is 9.32. The van der Waals surface area contributed by atoms with E-state index in [1.807, 2.05) is 6.92 Å². The fourth-order valence-electron chi connectivity index (χ4n) is 15.0. The number of hydrogen-bond donors (Lipinski definition) is 1. The molecule has 15 unspecified atom stereocenters. The van der Waals surface area contributed by atoms with Crippen molar-refractivity contribution in [1.29, 1.82) is 0 Å². The van der Waals surface area contributed by atoms with Gasteiger partial charge in [0.05, 0.1) is 10.8 Å². The number of ether oxygens (including phenoxy) is 5. The number of rotatable bonds is 9. The molecule has 6 bridgehead atoms. The van der Waals surface area contributed by atoms with Crippen LogP contribution in [0.4, 0.5) is 8.78 Å². The molecule has 0 aromatic carbocycles. The van der Waals surface area contributed by atoms with Crippen LogP contribution in [0.1, 0.15) is 110 Å². The van der Waals surface area contributed by atoms with E-state index in [-0.39, 0.29) is 49.8 Å². The predicted octanol–water partition coefficient (Wildman–Crippen LogP) is 5.59. The summed E-state index contributed by atoms with van der Waals surface area (Å²) in [5.74, 6) is -1.17. The number of esters is 3. The van der Waals surface area contributed by atoms with E-state index < -0.39 is 67.6 Å². The molecule has 0 aromatic rings. The van der Waals surface area contributed by atoms with Crippen molar-refractivity contribution in [1.82, 2.24) is 0 Å². The van der Waals surface area contributed by atoms with Gasteiger partial charge >= 0.3 is 33.3 Å². The van der Waals surface area contributed by atoms with E-state index in [4.69, 9.17) is 28.2 Å². The molecule has 10 rings (SSSR count). The standard InChI is InChI=1S/C38H50F2O11S/c1-20-11-34(51-32(43)38(39,40)52(44,45)46)7-3-5-24(15-34)37(20)49-28(18-47-30(41)33-6-2-4-22-9-23(14-33)27(22)17-33)29(50-37)19-48-31(42)35-12-21-8-25-10-26(16-35)36(25,35)13-21/h20-29H,2-19H2,1H3,(H,44,45,46). The van der Waals surface area contributed by atoms with Crippen molar-refractivity contribution in [2.24, 2.45) is 63.6 Å². The molecule has 1 heterocycles. The second kappa shape index (κ2) is 10.9. The van der Waals surface area contributed by atoms with Crippen molar-refractivity contribution in [3.05, 3.63) is 0 Å². The molecular formula is C38H50F2O11S. The zero-order valence-electron chi connectivity index (χ0n) is 29.7. The summed E-state index contributed by atoms with van der Waals surface area (Å²) in [7, 11) is -6.03. The Bertz CT molecular complexity index is 1700. The fraction of sp³-hybridized carbons (Fsp3) is 0.921. The van der Waals surface area contributed by atoms with Gasteiger partial charge in [0.15, 0.2) is 5.79 Å². The van der Waals surface area contributed by atoms with Crippen LogP contribution in [0, 0.1) is 63.6 Å². The summed E-state index contributed by atoms with van der Waals surface area (Å²) in [5, 5.41) is -5.11. The van der Waals surface area contributed by atoms with Crippen LogP contribution in [0.3, 0.4) is 0 Å². The van der Waals surface area contributed by atoms with Crippen LogP contribution < -0.4 is 0 Å². The van der Waals surface area contributed by atoms with Crippen molar-refractivity contribution >= 4 is 28.0 Å². The van der Waals surface area contributed by atoms with Gasteiger partial charge in [0.25, 0.3) is 0 Å². The number of carbonyl (C=O) groups excluding carboxylic acids is 3. The Kier molecular flexibility index (Phi) is 7.25. The molecule has 15 atom stereocenters. The van der Waals surface area contributed by atoms with E-state index in [0.29, 0.717) is 42.4 Å². The molecule has 10 aliphatic rings. The quantitative estimate of drug-likeness (QED) is 0.178. The van der Waals surface area contributed by atoms with E-state index in [1.165, 1.54) is 25.7 Å². The van der Waals surface area contributed by atoms with Crippen molar-refractivity contribution in [3.63, 3.8) is 0 Å². The minimum Gasteiger partial charge on any atom is -0.462 e. The molecule has 1 N–H and O–H groups in total. The minimum atomic E-state index is -6.03. The van der Waals surface area contributed by atoms with Gasteiger partial charge in [-0.3, -0.25) is 14.1 Å². The fourth-order valence-corrected chi connectivity index (χ4v) is 15.3. The van der Waals surface area contributed by atoms with Crippen LogP contribution in [-0.4, -0.2) is 72.9 Å². The Morgan fingerprint density at radius 1 is 0.808 bits per heavy atom. The molecule has 9 aliphatic carbocycles. The highest BCUT2D eigenvalue weighted by atomic mass is 32.2. The lowest BCUT2D eigenvalue weighted by Gasteiger charge is -2.71. The average molecular weight is 753 g/mol. The maximum atomic E-state index is 14.3. The van der Waals surface area contributed by atoms with Gasteiger partial charge in [-0.1, -0.05) is 19.8 Å². The lowest BCUT2D eigenvalue weighted by Crippen LogP contribution is -2.69. The average Bonchev–Trinajstić information content (AvgIpc) is 3.75. The van der Waals surface area contributed by atoms with Crippen LogP contribution >= 0.6 is 0 Å². The van der Waals surface area contributed by atoms with Crippen LogP contribution in [-0.2, 0) is 48.2 Å². The van der Waals surface area contributed by atoms with E-state index in [0.717, 1.165) is 50.9 Å². The van der Waals surface area contributed by atoms with Crippen molar-refractivity contribution in [2.45, 2.75) is 139 Å². The zero-order chi connectivity index (χ0) is 36.3. The number of carbonyl (C=O) groups is 3. The Morgan fingerprint density at radius 3 is 2.25 bits per heavy atom. The van der Waals surface area contributed by atoms with Gasteiger partial charge in [0.2, 0.25) is 0 Å². The molecule has 1 aliphatic heterocycles. The van der Waals surface area contributed by atoms with Gasteiger partial charge in [-0.2, -0.15) is 17.2 Å². The Balaban J connectivity index is 0.879. The van der Waals surface area contributed by atoms with Gasteiger partial charge < -0.3 is 23.7 Å². The molecular weight excluding hydrogens is 702 g/mol. The highest BCUT2D eigenvalue weighted by Gasteiger charge is 2.83.